The zero-order chi connectivity index (χ0) is 12.4. The van der Waals surface area contributed by atoms with Crippen molar-refractivity contribution in [2.75, 3.05) is 7.11 Å². The lowest BCUT2D eigenvalue weighted by Gasteiger charge is -2.12. The van der Waals surface area contributed by atoms with Crippen molar-refractivity contribution >= 4 is 24.9 Å². The molecule has 0 aromatic heterocycles. The van der Waals surface area contributed by atoms with E-state index in [0.717, 1.165) is 5.46 Å². The van der Waals surface area contributed by atoms with Crippen LogP contribution in [0.2, 0.25) is 5.02 Å². The van der Waals surface area contributed by atoms with Crippen molar-refractivity contribution in [2.45, 2.75) is 0 Å². The molecule has 17 heavy (non-hydrogen) atoms. The van der Waals surface area contributed by atoms with Gasteiger partial charge in [-0.05, 0) is 23.7 Å². The van der Waals surface area contributed by atoms with Gasteiger partial charge in [0.25, 0.3) is 0 Å². The predicted molar refractivity (Wildman–Crippen MR) is 71.6 cm³/mol. The second-order valence-corrected chi connectivity index (χ2v) is 4.22. The van der Waals surface area contributed by atoms with Gasteiger partial charge in [0.05, 0.1) is 7.11 Å². The molecule has 0 aliphatic rings. The van der Waals surface area contributed by atoms with Gasteiger partial charge in [-0.15, -0.1) is 0 Å². The molecular weight excluding hydrogens is 237 g/mol. The molecular formula is C13H11BClFO. The van der Waals surface area contributed by atoms with E-state index < -0.39 is 0 Å². The monoisotopic (exact) mass is 248 g/mol. The summed E-state index contributed by atoms with van der Waals surface area (Å²) in [5, 5.41) is 0.505. The van der Waals surface area contributed by atoms with Gasteiger partial charge in [-0.3, -0.25) is 0 Å². The topological polar surface area (TPSA) is 9.23 Å². The maximum absolute atomic E-state index is 13.8. The van der Waals surface area contributed by atoms with Crippen molar-refractivity contribution in [3.05, 3.63) is 47.2 Å². The molecule has 0 saturated heterocycles. The van der Waals surface area contributed by atoms with Crippen LogP contribution in [0.3, 0.4) is 0 Å². The van der Waals surface area contributed by atoms with E-state index in [4.69, 9.17) is 16.3 Å². The van der Waals surface area contributed by atoms with Crippen LogP contribution in [0, 0.1) is 5.82 Å². The van der Waals surface area contributed by atoms with Crippen LogP contribution in [0.4, 0.5) is 4.39 Å². The fraction of sp³-hybridized carbons (Fsp3) is 0.0769. The first kappa shape index (κ1) is 12.0. The number of benzene rings is 2. The van der Waals surface area contributed by atoms with E-state index in [1.807, 2.05) is 26.0 Å². The molecule has 2 rings (SSSR count). The number of hydrogen-bond donors (Lipinski definition) is 0. The quantitative estimate of drug-likeness (QED) is 0.742. The van der Waals surface area contributed by atoms with Gasteiger partial charge in [0.1, 0.15) is 19.4 Å². The minimum absolute atomic E-state index is 0.307. The zero-order valence-electron chi connectivity index (χ0n) is 9.63. The van der Waals surface area contributed by atoms with Crippen molar-refractivity contribution in [3.8, 4) is 16.9 Å². The summed E-state index contributed by atoms with van der Waals surface area (Å²) < 4.78 is 19.1. The Bertz CT molecular complexity index is 557. The molecule has 0 saturated carbocycles. The van der Waals surface area contributed by atoms with Crippen LogP contribution in [0.5, 0.6) is 5.75 Å². The summed E-state index contributed by atoms with van der Waals surface area (Å²) in [5.41, 5.74) is 2.13. The van der Waals surface area contributed by atoms with Gasteiger partial charge in [0.15, 0.2) is 0 Å². The standard InChI is InChI=1S/C13H11BClFO/c1-17-13-9(3-2-4-11(13)14)10-7-8(15)5-6-12(10)16/h2-7H,14H2,1H3. The van der Waals surface area contributed by atoms with Crippen molar-refractivity contribution < 1.29 is 9.13 Å². The fourth-order valence-electron chi connectivity index (χ4n) is 1.84. The first-order valence-corrected chi connectivity index (χ1v) is 5.60. The third kappa shape index (κ3) is 2.29. The highest BCUT2D eigenvalue weighted by Crippen LogP contribution is 2.31. The summed E-state index contributed by atoms with van der Waals surface area (Å²) in [6, 6.07) is 10.1. The smallest absolute Gasteiger partial charge is 0.144 e. The van der Waals surface area contributed by atoms with Gasteiger partial charge in [0.2, 0.25) is 0 Å². The molecule has 0 unspecified atom stereocenters. The highest BCUT2D eigenvalue weighted by atomic mass is 35.5. The minimum atomic E-state index is -0.307. The van der Waals surface area contributed by atoms with Crippen LogP contribution in [-0.4, -0.2) is 15.0 Å². The largest absolute Gasteiger partial charge is 0.497 e. The Labute approximate surface area is 106 Å². The van der Waals surface area contributed by atoms with Crippen molar-refractivity contribution in [2.24, 2.45) is 0 Å². The maximum atomic E-state index is 13.8. The van der Waals surface area contributed by atoms with E-state index in [1.165, 1.54) is 12.1 Å². The molecule has 0 bridgehead atoms. The van der Waals surface area contributed by atoms with Crippen LogP contribution in [0.15, 0.2) is 36.4 Å². The lowest BCUT2D eigenvalue weighted by Crippen LogP contribution is -2.08. The summed E-state index contributed by atoms with van der Waals surface area (Å²) in [7, 11) is 3.50. The molecule has 4 heteroatoms. The fourth-order valence-corrected chi connectivity index (χ4v) is 2.01. The number of methoxy groups -OCH3 is 1. The normalized spacial score (nSPS) is 10.3. The number of halogens is 2. The molecule has 1 nitrogen and oxygen atoms in total. The molecule has 0 fully saturated rings. The molecule has 0 spiro atoms. The van der Waals surface area contributed by atoms with E-state index in [2.05, 4.69) is 0 Å². The van der Waals surface area contributed by atoms with Crippen molar-refractivity contribution in [1.29, 1.82) is 0 Å². The Morgan fingerprint density at radius 1 is 1.18 bits per heavy atom. The molecule has 2 aromatic rings. The van der Waals surface area contributed by atoms with Crippen molar-refractivity contribution in [1.82, 2.24) is 0 Å². The Balaban J connectivity index is 2.68. The van der Waals surface area contributed by atoms with Gasteiger partial charge in [-0.25, -0.2) is 4.39 Å². The summed E-state index contributed by atoms with van der Waals surface area (Å²) in [6.07, 6.45) is 0. The molecule has 0 heterocycles. The highest BCUT2D eigenvalue weighted by Gasteiger charge is 2.12. The van der Waals surface area contributed by atoms with Crippen LogP contribution in [-0.2, 0) is 0 Å². The summed E-state index contributed by atoms with van der Waals surface area (Å²) in [4.78, 5) is 0. The Morgan fingerprint density at radius 2 is 1.94 bits per heavy atom. The average molecular weight is 248 g/mol. The Morgan fingerprint density at radius 3 is 2.65 bits per heavy atom. The van der Waals surface area contributed by atoms with Crippen LogP contribution in [0.1, 0.15) is 0 Å². The Kier molecular flexibility index (Phi) is 3.39. The molecule has 0 amide bonds. The summed E-state index contributed by atoms with van der Waals surface area (Å²) >= 11 is 5.89. The lowest BCUT2D eigenvalue weighted by atomic mass is 9.90. The highest BCUT2D eigenvalue weighted by molar-refractivity contribution is 6.35. The first-order chi connectivity index (χ1) is 8.13. The van der Waals surface area contributed by atoms with Gasteiger partial charge >= 0.3 is 0 Å². The third-order valence-corrected chi connectivity index (χ3v) is 2.87. The predicted octanol–water partition coefficient (Wildman–Crippen LogP) is 2.41. The second kappa shape index (κ2) is 4.80. The molecule has 2 aromatic carbocycles. The van der Waals surface area contributed by atoms with Gasteiger partial charge in [-0.1, -0.05) is 29.8 Å². The lowest BCUT2D eigenvalue weighted by molar-refractivity contribution is 0.419. The average Bonchev–Trinajstić information content (AvgIpc) is 2.32. The van der Waals surface area contributed by atoms with E-state index in [9.17, 15) is 4.39 Å². The summed E-state index contributed by atoms with van der Waals surface area (Å²) in [5.74, 6) is 0.368. The third-order valence-electron chi connectivity index (χ3n) is 2.63. The molecule has 0 N–H and O–H groups in total. The molecule has 86 valence electrons. The van der Waals surface area contributed by atoms with E-state index in [0.29, 0.717) is 21.9 Å². The van der Waals surface area contributed by atoms with E-state index in [1.54, 1.807) is 13.2 Å². The van der Waals surface area contributed by atoms with Crippen LogP contribution >= 0.6 is 11.6 Å². The minimum Gasteiger partial charge on any atom is -0.497 e. The van der Waals surface area contributed by atoms with E-state index >= 15 is 0 Å². The molecule has 0 atom stereocenters. The number of hydrogen-bond acceptors (Lipinski definition) is 1. The molecule has 0 radical (unpaired) electrons. The summed E-state index contributed by atoms with van der Waals surface area (Å²) in [6.45, 7) is 0. The maximum Gasteiger partial charge on any atom is 0.144 e. The van der Waals surface area contributed by atoms with Crippen LogP contribution < -0.4 is 10.2 Å². The first-order valence-electron chi connectivity index (χ1n) is 5.22. The SMILES string of the molecule is Bc1cccc(-c2cc(Cl)ccc2F)c1OC. The van der Waals surface area contributed by atoms with Crippen molar-refractivity contribution in [3.63, 3.8) is 0 Å². The second-order valence-electron chi connectivity index (χ2n) is 3.78. The van der Waals surface area contributed by atoms with Gasteiger partial charge in [0, 0.05) is 16.1 Å². The molecule has 0 aliphatic heterocycles. The molecule has 0 aliphatic carbocycles. The van der Waals surface area contributed by atoms with Gasteiger partial charge < -0.3 is 4.74 Å². The van der Waals surface area contributed by atoms with Crippen LogP contribution in [0.25, 0.3) is 11.1 Å². The van der Waals surface area contributed by atoms with Gasteiger partial charge in [-0.2, -0.15) is 0 Å². The number of rotatable bonds is 2. The Hall–Kier alpha value is -1.48. The number of ether oxygens (including phenoxy) is 1. The zero-order valence-corrected chi connectivity index (χ0v) is 10.4. The van der Waals surface area contributed by atoms with E-state index in [-0.39, 0.29) is 5.82 Å². The number of para-hydroxylation sites is 1.